The van der Waals surface area contributed by atoms with Crippen molar-refractivity contribution in [3.05, 3.63) is 90.0 Å². The quantitative estimate of drug-likeness (QED) is 0.367. The van der Waals surface area contributed by atoms with E-state index >= 15 is 0 Å². The average molecular weight is 447 g/mol. The summed E-state index contributed by atoms with van der Waals surface area (Å²) in [6, 6.07) is 23.4. The molecule has 4 aromatic rings. The number of carbonyl (C=O) groups is 2. The molecule has 4 N–H and O–H groups in total. The summed E-state index contributed by atoms with van der Waals surface area (Å²) < 4.78 is 8.31. The van der Waals surface area contributed by atoms with Crippen LogP contribution in [0.2, 0.25) is 0 Å². The standard InChI is InChI=1S/C22H22N2O.C4H4O4/c1-16-10-11-19-18(14-16)22-20(8-5-9-21(22)25-13-12-23)24(19)15-17-6-3-2-4-7-17;5-3(6)1-2-4(7)8/h2-11,14H,12-13,15,23H2,1H3;1-2H,(H,5,6)(H,7,8)/b;2-1+. The molecule has 0 radical (unpaired) electrons. The van der Waals surface area contributed by atoms with Gasteiger partial charge in [0, 0.05) is 41.5 Å². The Morgan fingerprint density at radius 2 is 1.64 bits per heavy atom. The molecule has 0 aliphatic carbocycles. The van der Waals surface area contributed by atoms with Crippen LogP contribution in [0.5, 0.6) is 5.75 Å². The third kappa shape index (κ3) is 5.99. The van der Waals surface area contributed by atoms with Crippen LogP contribution in [0.4, 0.5) is 0 Å². The van der Waals surface area contributed by atoms with Gasteiger partial charge in [0.15, 0.2) is 0 Å². The van der Waals surface area contributed by atoms with E-state index in [1.165, 1.54) is 32.9 Å². The summed E-state index contributed by atoms with van der Waals surface area (Å²) >= 11 is 0. The van der Waals surface area contributed by atoms with Gasteiger partial charge in [-0.1, -0.05) is 48.0 Å². The maximum Gasteiger partial charge on any atom is 0.328 e. The molecule has 7 nitrogen and oxygen atoms in total. The number of rotatable bonds is 7. The Morgan fingerprint density at radius 1 is 0.939 bits per heavy atom. The highest BCUT2D eigenvalue weighted by Crippen LogP contribution is 2.36. The van der Waals surface area contributed by atoms with Gasteiger partial charge in [-0.2, -0.15) is 0 Å². The van der Waals surface area contributed by atoms with Crippen LogP contribution >= 0.6 is 0 Å². The number of fused-ring (bicyclic) bond motifs is 3. The van der Waals surface area contributed by atoms with E-state index in [1.807, 2.05) is 6.07 Å². The number of carboxylic acids is 2. The first kappa shape index (κ1) is 23.6. The zero-order chi connectivity index (χ0) is 23.8. The molecule has 0 aliphatic heterocycles. The number of nitrogens with two attached hydrogens (primary N) is 1. The van der Waals surface area contributed by atoms with Gasteiger partial charge >= 0.3 is 11.9 Å². The molecule has 0 atom stereocenters. The normalized spacial score (nSPS) is 10.8. The maximum atomic E-state index is 9.55. The van der Waals surface area contributed by atoms with Crippen LogP contribution in [0.25, 0.3) is 21.8 Å². The van der Waals surface area contributed by atoms with Crippen molar-refractivity contribution in [2.75, 3.05) is 13.2 Å². The number of hydrogen-bond acceptors (Lipinski definition) is 4. The third-order valence-electron chi connectivity index (χ3n) is 4.93. The van der Waals surface area contributed by atoms with E-state index < -0.39 is 11.9 Å². The Kier molecular flexibility index (Phi) is 7.83. The number of aliphatic carboxylic acids is 2. The van der Waals surface area contributed by atoms with E-state index in [2.05, 4.69) is 72.2 Å². The zero-order valence-electron chi connectivity index (χ0n) is 18.3. The number of aromatic nitrogens is 1. The highest BCUT2D eigenvalue weighted by molar-refractivity contribution is 6.11. The number of hydrogen-bond donors (Lipinski definition) is 3. The van der Waals surface area contributed by atoms with Crippen LogP contribution in [-0.2, 0) is 16.1 Å². The van der Waals surface area contributed by atoms with Crippen LogP contribution in [0.3, 0.4) is 0 Å². The smallest absolute Gasteiger partial charge is 0.328 e. The summed E-state index contributed by atoms with van der Waals surface area (Å²) in [5.74, 6) is -1.61. The van der Waals surface area contributed by atoms with Crippen molar-refractivity contribution in [1.82, 2.24) is 4.57 Å². The molecule has 0 amide bonds. The van der Waals surface area contributed by atoms with E-state index in [-0.39, 0.29) is 0 Å². The molecule has 0 spiro atoms. The minimum absolute atomic E-state index is 0.512. The lowest BCUT2D eigenvalue weighted by Crippen LogP contribution is -2.10. The third-order valence-corrected chi connectivity index (χ3v) is 4.93. The van der Waals surface area contributed by atoms with Crippen molar-refractivity contribution in [1.29, 1.82) is 0 Å². The number of carboxylic acid groups (broad SMARTS) is 2. The summed E-state index contributed by atoms with van der Waals surface area (Å²) in [4.78, 5) is 19.1. The molecule has 3 aromatic carbocycles. The monoisotopic (exact) mass is 446 g/mol. The second kappa shape index (κ2) is 11.0. The minimum atomic E-state index is -1.26. The molecule has 0 saturated carbocycles. The van der Waals surface area contributed by atoms with Gasteiger partial charge in [-0.15, -0.1) is 0 Å². The summed E-state index contributed by atoms with van der Waals surface area (Å²) in [6.07, 6.45) is 1.12. The van der Waals surface area contributed by atoms with Crippen molar-refractivity contribution < 1.29 is 24.5 Å². The Labute approximate surface area is 191 Å². The van der Waals surface area contributed by atoms with Crippen LogP contribution in [-0.4, -0.2) is 39.9 Å². The molecule has 0 aliphatic rings. The molecule has 1 aromatic heterocycles. The number of nitrogens with zero attached hydrogens (tertiary/aromatic N) is 1. The fourth-order valence-electron chi connectivity index (χ4n) is 3.60. The lowest BCUT2D eigenvalue weighted by atomic mass is 10.1. The maximum absolute atomic E-state index is 9.55. The van der Waals surface area contributed by atoms with E-state index in [4.69, 9.17) is 20.7 Å². The molecule has 7 heteroatoms. The van der Waals surface area contributed by atoms with Crippen LogP contribution < -0.4 is 10.5 Å². The zero-order valence-corrected chi connectivity index (χ0v) is 18.3. The fourth-order valence-corrected chi connectivity index (χ4v) is 3.60. The molecular formula is C26H26N2O5. The SMILES string of the molecule is Cc1ccc2c(c1)c1c(OCCN)cccc1n2Cc1ccccc1.O=C(O)/C=C/C(=O)O. The molecule has 0 bridgehead atoms. The number of aryl methyl sites for hydroxylation is 1. The summed E-state index contributed by atoms with van der Waals surface area (Å²) in [6.45, 7) is 4.00. The van der Waals surface area contributed by atoms with E-state index in [0.29, 0.717) is 25.3 Å². The second-order valence-electron chi connectivity index (χ2n) is 7.39. The van der Waals surface area contributed by atoms with Crippen LogP contribution in [0.1, 0.15) is 11.1 Å². The van der Waals surface area contributed by atoms with E-state index in [1.54, 1.807) is 0 Å². The lowest BCUT2D eigenvalue weighted by Gasteiger charge is -2.09. The van der Waals surface area contributed by atoms with Crippen molar-refractivity contribution in [2.45, 2.75) is 13.5 Å². The van der Waals surface area contributed by atoms with Gasteiger partial charge in [0.25, 0.3) is 0 Å². The van der Waals surface area contributed by atoms with Gasteiger partial charge in [-0.25, -0.2) is 9.59 Å². The molecule has 33 heavy (non-hydrogen) atoms. The Morgan fingerprint density at radius 3 is 2.27 bits per heavy atom. The summed E-state index contributed by atoms with van der Waals surface area (Å²) in [5.41, 5.74) is 10.6. The van der Waals surface area contributed by atoms with E-state index in [0.717, 1.165) is 12.3 Å². The molecule has 170 valence electrons. The van der Waals surface area contributed by atoms with Gasteiger partial charge in [0.2, 0.25) is 0 Å². The lowest BCUT2D eigenvalue weighted by molar-refractivity contribution is -0.134. The van der Waals surface area contributed by atoms with Crippen molar-refractivity contribution in [3.8, 4) is 5.75 Å². The van der Waals surface area contributed by atoms with Gasteiger partial charge < -0.3 is 25.3 Å². The first-order chi connectivity index (χ1) is 15.9. The van der Waals surface area contributed by atoms with Crippen molar-refractivity contribution in [2.24, 2.45) is 5.73 Å². The van der Waals surface area contributed by atoms with Crippen LogP contribution in [0.15, 0.2) is 78.9 Å². The topological polar surface area (TPSA) is 115 Å². The van der Waals surface area contributed by atoms with Crippen LogP contribution in [0, 0.1) is 6.92 Å². The molecule has 4 rings (SSSR count). The average Bonchev–Trinajstić information content (AvgIpc) is 3.10. The van der Waals surface area contributed by atoms with Crippen molar-refractivity contribution >= 4 is 33.7 Å². The van der Waals surface area contributed by atoms with Crippen molar-refractivity contribution in [3.63, 3.8) is 0 Å². The number of ether oxygens (including phenoxy) is 1. The Bertz CT molecular complexity index is 1280. The number of benzene rings is 3. The molecule has 1 heterocycles. The van der Waals surface area contributed by atoms with Gasteiger partial charge in [-0.05, 0) is 36.8 Å². The first-order valence-corrected chi connectivity index (χ1v) is 10.4. The molecule has 0 unspecified atom stereocenters. The van der Waals surface area contributed by atoms with Gasteiger partial charge in [-0.3, -0.25) is 0 Å². The minimum Gasteiger partial charge on any atom is -0.492 e. The first-order valence-electron chi connectivity index (χ1n) is 10.4. The Hall–Kier alpha value is -4.10. The predicted molar refractivity (Wildman–Crippen MR) is 129 cm³/mol. The Balaban J connectivity index is 0.000000331. The predicted octanol–water partition coefficient (Wildman–Crippen LogP) is 4.20. The highest BCUT2D eigenvalue weighted by atomic mass is 16.5. The summed E-state index contributed by atoms with van der Waals surface area (Å²) in [5, 5.41) is 18.0. The highest BCUT2D eigenvalue weighted by Gasteiger charge is 2.15. The van der Waals surface area contributed by atoms with Gasteiger partial charge in [0.05, 0.1) is 5.52 Å². The molecule has 0 fully saturated rings. The molecule has 0 saturated heterocycles. The second-order valence-corrected chi connectivity index (χ2v) is 7.39. The molecular weight excluding hydrogens is 420 g/mol. The van der Waals surface area contributed by atoms with E-state index in [9.17, 15) is 9.59 Å². The van der Waals surface area contributed by atoms with Gasteiger partial charge in [0.1, 0.15) is 12.4 Å². The largest absolute Gasteiger partial charge is 0.492 e. The fraction of sp³-hybridized carbons (Fsp3) is 0.154. The summed E-state index contributed by atoms with van der Waals surface area (Å²) in [7, 11) is 0.